The second kappa shape index (κ2) is 5.55. The molecule has 1 aliphatic carbocycles. The van der Waals surface area contributed by atoms with Gasteiger partial charge in [-0.2, -0.15) is 0 Å². The van der Waals surface area contributed by atoms with Crippen LogP contribution in [0.2, 0.25) is 0 Å². The van der Waals surface area contributed by atoms with Crippen LogP contribution >= 0.6 is 0 Å². The predicted octanol–water partition coefficient (Wildman–Crippen LogP) is 2.34. The molecule has 0 radical (unpaired) electrons. The summed E-state index contributed by atoms with van der Waals surface area (Å²) >= 11 is 0. The largest absolute Gasteiger partial charge is 0.383 e. The SMILES string of the molecule is COCCNCc1c(C)nc(C2CC2(C)C)nc1C. The third kappa shape index (κ3) is 3.31. The lowest BCUT2D eigenvalue weighted by Crippen LogP contribution is -2.20. The Bertz CT molecular complexity index is 434. The Morgan fingerprint density at radius 3 is 2.32 bits per heavy atom. The van der Waals surface area contributed by atoms with E-state index in [1.807, 2.05) is 0 Å². The van der Waals surface area contributed by atoms with Crippen LogP contribution in [0.1, 0.15) is 49.0 Å². The van der Waals surface area contributed by atoms with E-state index in [0.29, 0.717) is 11.3 Å². The molecule has 4 nitrogen and oxygen atoms in total. The number of methoxy groups -OCH3 is 1. The lowest BCUT2D eigenvalue weighted by molar-refractivity contribution is 0.199. The van der Waals surface area contributed by atoms with Crippen molar-refractivity contribution in [2.75, 3.05) is 20.3 Å². The predicted molar refractivity (Wildman–Crippen MR) is 76.2 cm³/mol. The molecule has 106 valence electrons. The third-order valence-electron chi connectivity index (χ3n) is 4.05. The van der Waals surface area contributed by atoms with Gasteiger partial charge in [0.15, 0.2) is 0 Å². The van der Waals surface area contributed by atoms with Crippen LogP contribution in [0.5, 0.6) is 0 Å². The molecule has 0 aliphatic heterocycles. The standard InChI is InChI=1S/C15H25N3O/c1-10-12(9-16-6-7-19-5)11(2)18-14(17-10)13-8-15(13,3)4/h13,16H,6-9H2,1-5H3. The highest BCUT2D eigenvalue weighted by molar-refractivity contribution is 5.27. The van der Waals surface area contributed by atoms with E-state index in [0.717, 1.165) is 36.9 Å². The van der Waals surface area contributed by atoms with E-state index < -0.39 is 0 Å². The number of hydrogen-bond acceptors (Lipinski definition) is 4. The maximum atomic E-state index is 5.03. The molecule has 1 atom stereocenters. The first-order chi connectivity index (χ1) is 8.95. The van der Waals surface area contributed by atoms with E-state index in [9.17, 15) is 0 Å². The summed E-state index contributed by atoms with van der Waals surface area (Å²) in [6.45, 7) is 11.1. The van der Waals surface area contributed by atoms with Gasteiger partial charge in [0.05, 0.1) is 6.61 Å². The molecule has 0 bridgehead atoms. The van der Waals surface area contributed by atoms with Crippen molar-refractivity contribution in [3.63, 3.8) is 0 Å². The van der Waals surface area contributed by atoms with Crippen LogP contribution in [-0.2, 0) is 11.3 Å². The fraction of sp³-hybridized carbons (Fsp3) is 0.733. The highest BCUT2D eigenvalue weighted by atomic mass is 16.5. The zero-order chi connectivity index (χ0) is 14.0. The molecule has 19 heavy (non-hydrogen) atoms. The molecule has 0 amide bonds. The van der Waals surface area contributed by atoms with Crippen LogP contribution in [0.3, 0.4) is 0 Å². The Morgan fingerprint density at radius 1 is 1.26 bits per heavy atom. The summed E-state index contributed by atoms with van der Waals surface area (Å²) < 4.78 is 5.03. The number of hydrogen-bond donors (Lipinski definition) is 1. The molecular formula is C15H25N3O. The van der Waals surface area contributed by atoms with Crippen molar-refractivity contribution in [1.29, 1.82) is 0 Å². The molecule has 1 saturated carbocycles. The average Bonchev–Trinajstić information content (AvgIpc) is 2.96. The normalized spacial score (nSPS) is 20.6. The molecular weight excluding hydrogens is 238 g/mol. The van der Waals surface area contributed by atoms with Gasteiger partial charge in [-0.25, -0.2) is 9.97 Å². The minimum Gasteiger partial charge on any atom is -0.383 e. The van der Waals surface area contributed by atoms with Gasteiger partial charge in [-0.1, -0.05) is 13.8 Å². The number of rotatable bonds is 6. The number of nitrogens with zero attached hydrogens (tertiary/aromatic N) is 2. The van der Waals surface area contributed by atoms with Gasteiger partial charge in [-0.05, 0) is 25.7 Å². The monoisotopic (exact) mass is 263 g/mol. The Balaban J connectivity index is 2.05. The molecule has 0 saturated heterocycles. The molecule has 1 fully saturated rings. The van der Waals surface area contributed by atoms with Crippen LogP contribution in [0.15, 0.2) is 0 Å². The average molecular weight is 263 g/mol. The van der Waals surface area contributed by atoms with Crippen molar-refractivity contribution >= 4 is 0 Å². The second-order valence-electron chi connectivity index (χ2n) is 6.15. The fourth-order valence-electron chi connectivity index (χ4n) is 2.47. The maximum absolute atomic E-state index is 5.03. The van der Waals surface area contributed by atoms with Gasteiger partial charge in [-0.3, -0.25) is 0 Å². The van der Waals surface area contributed by atoms with Crippen molar-refractivity contribution in [2.24, 2.45) is 5.41 Å². The van der Waals surface area contributed by atoms with Crippen LogP contribution in [0.25, 0.3) is 0 Å². The lowest BCUT2D eigenvalue weighted by Gasteiger charge is -2.12. The Kier molecular flexibility index (Phi) is 4.21. The molecule has 2 rings (SSSR count). The number of ether oxygens (including phenoxy) is 1. The summed E-state index contributed by atoms with van der Waals surface area (Å²) in [4.78, 5) is 9.42. The molecule has 1 heterocycles. The summed E-state index contributed by atoms with van der Waals surface area (Å²) in [5, 5.41) is 3.36. The van der Waals surface area contributed by atoms with Gasteiger partial charge in [0.2, 0.25) is 0 Å². The Hall–Kier alpha value is -1.00. The highest BCUT2D eigenvalue weighted by Gasteiger charge is 2.48. The summed E-state index contributed by atoms with van der Waals surface area (Å²) in [5.41, 5.74) is 3.82. The van der Waals surface area contributed by atoms with Crippen LogP contribution in [-0.4, -0.2) is 30.2 Å². The molecule has 1 unspecified atom stereocenters. The smallest absolute Gasteiger partial charge is 0.132 e. The van der Waals surface area contributed by atoms with E-state index in [-0.39, 0.29) is 0 Å². The minimum absolute atomic E-state index is 0.386. The van der Waals surface area contributed by atoms with Gasteiger partial charge in [0.1, 0.15) is 5.82 Å². The summed E-state index contributed by atoms with van der Waals surface area (Å²) in [6, 6.07) is 0. The summed E-state index contributed by atoms with van der Waals surface area (Å²) in [5.74, 6) is 1.57. The number of aryl methyl sites for hydroxylation is 2. The molecule has 1 N–H and O–H groups in total. The number of aromatic nitrogens is 2. The van der Waals surface area contributed by atoms with E-state index in [1.54, 1.807) is 7.11 Å². The number of nitrogens with one attached hydrogen (secondary N) is 1. The highest BCUT2D eigenvalue weighted by Crippen LogP contribution is 2.57. The Morgan fingerprint density at radius 2 is 1.84 bits per heavy atom. The zero-order valence-corrected chi connectivity index (χ0v) is 12.7. The first-order valence-electron chi connectivity index (χ1n) is 6.99. The molecule has 0 aromatic carbocycles. The first-order valence-corrected chi connectivity index (χ1v) is 6.99. The van der Waals surface area contributed by atoms with E-state index >= 15 is 0 Å². The quantitative estimate of drug-likeness (QED) is 0.800. The summed E-state index contributed by atoms with van der Waals surface area (Å²) in [7, 11) is 1.72. The van der Waals surface area contributed by atoms with Gasteiger partial charge in [-0.15, -0.1) is 0 Å². The summed E-state index contributed by atoms with van der Waals surface area (Å²) in [6.07, 6.45) is 1.21. The second-order valence-corrected chi connectivity index (χ2v) is 6.15. The zero-order valence-electron chi connectivity index (χ0n) is 12.7. The molecule has 0 spiro atoms. The van der Waals surface area contributed by atoms with Crippen molar-refractivity contribution < 1.29 is 4.74 Å². The van der Waals surface area contributed by atoms with Crippen LogP contribution in [0.4, 0.5) is 0 Å². The molecule has 1 aliphatic rings. The van der Waals surface area contributed by atoms with Crippen molar-refractivity contribution in [3.05, 3.63) is 22.8 Å². The maximum Gasteiger partial charge on any atom is 0.132 e. The topological polar surface area (TPSA) is 47.0 Å². The fourth-order valence-corrected chi connectivity index (χ4v) is 2.47. The van der Waals surface area contributed by atoms with Gasteiger partial charge >= 0.3 is 0 Å². The molecule has 4 heteroatoms. The lowest BCUT2D eigenvalue weighted by atomic mass is 10.1. The van der Waals surface area contributed by atoms with Crippen molar-refractivity contribution in [2.45, 2.75) is 46.6 Å². The van der Waals surface area contributed by atoms with Crippen LogP contribution < -0.4 is 5.32 Å². The van der Waals surface area contributed by atoms with E-state index in [4.69, 9.17) is 14.7 Å². The van der Waals surface area contributed by atoms with Crippen LogP contribution in [0, 0.1) is 19.3 Å². The van der Waals surface area contributed by atoms with Gasteiger partial charge < -0.3 is 10.1 Å². The van der Waals surface area contributed by atoms with Gasteiger partial charge in [0, 0.05) is 43.1 Å². The van der Waals surface area contributed by atoms with Crippen molar-refractivity contribution in [3.8, 4) is 0 Å². The third-order valence-corrected chi connectivity index (χ3v) is 4.05. The minimum atomic E-state index is 0.386. The van der Waals surface area contributed by atoms with E-state index in [2.05, 4.69) is 33.0 Å². The molecule has 1 aromatic rings. The first kappa shape index (κ1) is 14.4. The van der Waals surface area contributed by atoms with E-state index in [1.165, 1.54) is 12.0 Å². The Labute approximate surface area is 116 Å². The van der Waals surface area contributed by atoms with Gasteiger partial charge in [0.25, 0.3) is 0 Å². The van der Waals surface area contributed by atoms with Crippen molar-refractivity contribution in [1.82, 2.24) is 15.3 Å². The molecule has 1 aromatic heterocycles.